The van der Waals surface area contributed by atoms with E-state index in [4.69, 9.17) is 4.42 Å². The van der Waals surface area contributed by atoms with Crippen LogP contribution in [0.4, 0.5) is 5.69 Å². The fourth-order valence-electron chi connectivity index (χ4n) is 2.82. The Balaban J connectivity index is 1.88. The quantitative estimate of drug-likeness (QED) is 0.240. The maximum atomic E-state index is 12.6. The Labute approximate surface area is 184 Å². The molecule has 2 aromatic carbocycles. The summed E-state index contributed by atoms with van der Waals surface area (Å²) in [6.45, 7) is 5.69. The number of hydrogen-bond donors (Lipinski definition) is 2. The summed E-state index contributed by atoms with van der Waals surface area (Å²) in [5.74, 6) is -0.288. The second kappa shape index (κ2) is 10.0. The van der Waals surface area contributed by atoms with Crippen LogP contribution in [-0.2, 0) is 4.79 Å². The molecule has 2 amide bonds. The van der Waals surface area contributed by atoms with E-state index in [0.717, 1.165) is 5.56 Å². The van der Waals surface area contributed by atoms with Gasteiger partial charge in [-0.1, -0.05) is 35.9 Å². The van der Waals surface area contributed by atoms with E-state index in [9.17, 15) is 19.7 Å². The van der Waals surface area contributed by atoms with Gasteiger partial charge in [0.25, 0.3) is 17.5 Å². The number of nitro benzene ring substituents is 1. The molecule has 32 heavy (non-hydrogen) atoms. The van der Waals surface area contributed by atoms with Crippen molar-refractivity contribution in [1.29, 1.82) is 0 Å². The zero-order valence-electron chi connectivity index (χ0n) is 17.3. The highest BCUT2D eigenvalue weighted by Crippen LogP contribution is 2.26. The van der Waals surface area contributed by atoms with Gasteiger partial charge >= 0.3 is 0 Å². The van der Waals surface area contributed by atoms with Crippen LogP contribution < -0.4 is 10.6 Å². The predicted molar refractivity (Wildman–Crippen MR) is 121 cm³/mol. The Morgan fingerprint density at radius 1 is 1.12 bits per heavy atom. The summed E-state index contributed by atoms with van der Waals surface area (Å²) in [6.07, 6.45) is 2.91. The highest BCUT2D eigenvalue weighted by molar-refractivity contribution is 6.05. The zero-order chi connectivity index (χ0) is 23.1. The summed E-state index contributed by atoms with van der Waals surface area (Å²) in [4.78, 5) is 35.7. The van der Waals surface area contributed by atoms with Gasteiger partial charge in [-0.15, -0.1) is 6.58 Å². The molecule has 162 valence electrons. The minimum atomic E-state index is -0.515. The van der Waals surface area contributed by atoms with Crippen LogP contribution in [0.1, 0.15) is 21.7 Å². The maximum Gasteiger partial charge on any atom is 0.270 e. The van der Waals surface area contributed by atoms with E-state index in [-0.39, 0.29) is 17.9 Å². The molecule has 3 aromatic rings. The number of aryl methyl sites for hydroxylation is 1. The van der Waals surface area contributed by atoms with Gasteiger partial charge in [-0.3, -0.25) is 19.7 Å². The normalized spacial score (nSPS) is 11.0. The van der Waals surface area contributed by atoms with E-state index in [0.29, 0.717) is 22.6 Å². The van der Waals surface area contributed by atoms with Crippen LogP contribution in [0, 0.1) is 17.0 Å². The molecule has 1 heterocycles. The largest absolute Gasteiger partial charge is 0.457 e. The Hall–Kier alpha value is -4.46. The van der Waals surface area contributed by atoms with Gasteiger partial charge in [0.1, 0.15) is 17.2 Å². The number of amides is 2. The number of hydrogen-bond acceptors (Lipinski definition) is 5. The lowest BCUT2D eigenvalue weighted by Gasteiger charge is -2.10. The van der Waals surface area contributed by atoms with Gasteiger partial charge < -0.3 is 15.1 Å². The molecule has 0 atom stereocenters. The lowest BCUT2D eigenvalue weighted by Crippen LogP contribution is -2.34. The van der Waals surface area contributed by atoms with Gasteiger partial charge in [0, 0.05) is 35.9 Å². The zero-order valence-corrected chi connectivity index (χ0v) is 17.3. The number of nitrogens with zero attached hydrogens (tertiary/aromatic N) is 1. The monoisotopic (exact) mass is 431 g/mol. The number of furan rings is 1. The number of benzene rings is 2. The van der Waals surface area contributed by atoms with Gasteiger partial charge in [0.05, 0.1) is 4.92 Å². The van der Waals surface area contributed by atoms with Crippen molar-refractivity contribution in [1.82, 2.24) is 10.6 Å². The van der Waals surface area contributed by atoms with Gasteiger partial charge in [0.2, 0.25) is 0 Å². The molecule has 0 aliphatic rings. The lowest BCUT2D eigenvalue weighted by atomic mass is 10.1. The highest BCUT2D eigenvalue weighted by atomic mass is 16.6. The van der Waals surface area contributed by atoms with Crippen LogP contribution in [0.15, 0.2) is 83.4 Å². The van der Waals surface area contributed by atoms with Crippen LogP contribution in [-0.4, -0.2) is 23.3 Å². The molecule has 1 aromatic heterocycles. The molecule has 0 aliphatic carbocycles. The minimum Gasteiger partial charge on any atom is -0.457 e. The van der Waals surface area contributed by atoms with Crippen LogP contribution in [0.5, 0.6) is 0 Å². The van der Waals surface area contributed by atoms with Crippen molar-refractivity contribution < 1.29 is 18.9 Å². The summed E-state index contributed by atoms with van der Waals surface area (Å²) in [5.41, 5.74) is 1.84. The number of rotatable bonds is 8. The molecule has 3 rings (SSSR count). The second-order valence-electron chi connectivity index (χ2n) is 6.89. The average molecular weight is 431 g/mol. The first-order chi connectivity index (χ1) is 15.4. The third-order valence-electron chi connectivity index (χ3n) is 4.47. The Morgan fingerprint density at radius 3 is 2.56 bits per heavy atom. The molecule has 0 radical (unpaired) electrons. The molecule has 8 heteroatoms. The van der Waals surface area contributed by atoms with Crippen LogP contribution >= 0.6 is 0 Å². The van der Waals surface area contributed by atoms with Gasteiger partial charge in [0.15, 0.2) is 0 Å². The number of non-ortho nitro benzene ring substituents is 1. The van der Waals surface area contributed by atoms with Crippen molar-refractivity contribution in [2.24, 2.45) is 0 Å². The average Bonchev–Trinajstić information content (AvgIpc) is 3.26. The van der Waals surface area contributed by atoms with E-state index >= 15 is 0 Å². The molecular formula is C24H21N3O5. The van der Waals surface area contributed by atoms with Crippen molar-refractivity contribution in [3.8, 4) is 11.3 Å². The van der Waals surface area contributed by atoms with Gasteiger partial charge in [-0.25, -0.2) is 0 Å². The van der Waals surface area contributed by atoms with E-state index in [2.05, 4.69) is 17.2 Å². The Bertz CT molecular complexity index is 1190. The number of carbonyl (C=O) groups excluding carboxylic acids is 2. The summed E-state index contributed by atoms with van der Waals surface area (Å²) in [6, 6.07) is 16.2. The number of carbonyl (C=O) groups is 2. The molecule has 0 unspecified atom stereocenters. The van der Waals surface area contributed by atoms with Crippen LogP contribution in [0.3, 0.4) is 0 Å². The summed E-state index contributed by atoms with van der Waals surface area (Å²) in [5, 5.41) is 16.2. The van der Waals surface area contributed by atoms with Gasteiger partial charge in [-0.2, -0.15) is 0 Å². The molecule has 2 N–H and O–H groups in total. The fraction of sp³-hybridized carbons (Fsp3) is 0.0833. The van der Waals surface area contributed by atoms with E-state index < -0.39 is 16.7 Å². The van der Waals surface area contributed by atoms with E-state index in [1.54, 1.807) is 48.5 Å². The third-order valence-corrected chi connectivity index (χ3v) is 4.47. The molecule has 0 saturated carbocycles. The molecule has 0 spiro atoms. The van der Waals surface area contributed by atoms with E-state index in [1.165, 1.54) is 24.3 Å². The Morgan fingerprint density at radius 2 is 1.88 bits per heavy atom. The first-order valence-corrected chi connectivity index (χ1v) is 9.71. The first-order valence-electron chi connectivity index (χ1n) is 9.71. The maximum absolute atomic E-state index is 12.6. The van der Waals surface area contributed by atoms with Crippen molar-refractivity contribution >= 4 is 23.6 Å². The lowest BCUT2D eigenvalue weighted by molar-refractivity contribution is -0.384. The van der Waals surface area contributed by atoms with Crippen LogP contribution in [0.2, 0.25) is 0 Å². The second-order valence-corrected chi connectivity index (χ2v) is 6.89. The third kappa shape index (κ3) is 5.57. The molecule has 0 aliphatic heterocycles. The van der Waals surface area contributed by atoms with Crippen LogP contribution in [0.25, 0.3) is 17.4 Å². The predicted octanol–water partition coefficient (Wildman–Crippen LogP) is 4.24. The number of nitro groups is 1. The smallest absolute Gasteiger partial charge is 0.270 e. The summed E-state index contributed by atoms with van der Waals surface area (Å²) in [7, 11) is 0. The van der Waals surface area contributed by atoms with Crippen molar-refractivity contribution in [2.75, 3.05) is 6.54 Å². The first kappa shape index (κ1) is 22.2. The van der Waals surface area contributed by atoms with Gasteiger partial charge in [-0.05, 0) is 31.2 Å². The minimum absolute atomic E-state index is 0.0163. The molecule has 8 nitrogen and oxygen atoms in total. The standard InChI is InChI=1S/C24H21N3O5/c1-3-13-25-24(29)21(26-23(28)17-9-7-16(2)8-10-17)15-20-11-12-22(32-20)18-5-4-6-19(14-18)27(30)31/h3-12,14-15H,1,13H2,2H3,(H,25,29)(H,26,28). The molecular weight excluding hydrogens is 410 g/mol. The van der Waals surface area contributed by atoms with E-state index in [1.807, 2.05) is 6.92 Å². The topological polar surface area (TPSA) is 114 Å². The SMILES string of the molecule is C=CCNC(=O)C(=Cc1ccc(-c2cccc([N+](=O)[O-])c2)o1)NC(=O)c1ccc(C)cc1. The van der Waals surface area contributed by atoms with Crippen molar-refractivity contribution in [3.63, 3.8) is 0 Å². The molecule has 0 saturated heterocycles. The molecule has 0 bridgehead atoms. The van der Waals surface area contributed by atoms with Crippen molar-refractivity contribution in [3.05, 3.63) is 106 Å². The fourth-order valence-corrected chi connectivity index (χ4v) is 2.82. The Kier molecular flexibility index (Phi) is 6.97. The summed E-state index contributed by atoms with van der Waals surface area (Å²) >= 11 is 0. The van der Waals surface area contributed by atoms with Crippen molar-refractivity contribution in [2.45, 2.75) is 6.92 Å². The molecule has 0 fully saturated rings. The number of nitrogens with one attached hydrogen (secondary N) is 2. The summed E-state index contributed by atoms with van der Waals surface area (Å²) < 4.78 is 5.74. The highest BCUT2D eigenvalue weighted by Gasteiger charge is 2.16.